The fourth-order valence-corrected chi connectivity index (χ4v) is 5.02. The molecule has 28 heavy (non-hydrogen) atoms. The largest absolute Gasteiger partial charge is 0.346 e. The number of rotatable bonds is 6. The number of carbonyl (C=O) groups excluding carboxylic acids is 1. The second kappa shape index (κ2) is 8.88. The van der Waals surface area contributed by atoms with E-state index >= 15 is 0 Å². The van der Waals surface area contributed by atoms with E-state index in [1.165, 1.54) is 15.9 Å². The predicted octanol–water partition coefficient (Wildman–Crippen LogP) is 3.91. The summed E-state index contributed by atoms with van der Waals surface area (Å²) in [5, 5.41) is 2.96. The van der Waals surface area contributed by atoms with Gasteiger partial charge in [0.1, 0.15) is 0 Å². The Bertz CT molecular complexity index is 917. The molecule has 1 heterocycles. The molecule has 5 nitrogen and oxygen atoms in total. The first-order chi connectivity index (χ1) is 13.4. The van der Waals surface area contributed by atoms with Gasteiger partial charge in [-0.3, -0.25) is 4.79 Å². The molecule has 1 aliphatic rings. The van der Waals surface area contributed by atoms with Gasteiger partial charge in [0.15, 0.2) is 0 Å². The summed E-state index contributed by atoms with van der Waals surface area (Å²) in [7, 11) is -3.55. The molecule has 1 fully saturated rings. The molecule has 2 aromatic carbocycles. The van der Waals surface area contributed by atoms with Crippen molar-refractivity contribution < 1.29 is 13.2 Å². The number of benzene rings is 2. The fraction of sp³-hybridized carbons (Fsp3) is 0.409. The second-order valence-corrected chi connectivity index (χ2v) is 9.22. The lowest BCUT2D eigenvalue weighted by Crippen LogP contribution is -2.35. The van der Waals surface area contributed by atoms with Crippen molar-refractivity contribution in [3.05, 3.63) is 65.2 Å². The molecule has 0 saturated carbocycles. The first-order valence-corrected chi connectivity index (χ1v) is 11.4. The SMILES string of the molecule is CCc1ccc([C@H](C)NC(=O)c2cccc(S(=O)(=O)N3CCCCC3)c2)cc1. The standard InChI is InChI=1S/C22H28N2O3S/c1-3-18-10-12-19(13-11-18)17(2)23-22(25)20-8-7-9-21(16-20)28(26,27)24-14-5-4-6-15-24/h7-13,16-17H,3-6,14-15H2,1-2H3,(H,23,25)/t17-/m0/s1. The summed E-state index contributed by atoms with van der Waals surface area (Å²) in [6, 6.07) is 14.3. The van der Waals surface area contributed by atoms with Gasteiger partial charge in [-0.15, -0.1) is 0 Å². The third-order valence-electron chi connectivity index (χ3n) is 5.28. The van der Waals surface area contributed by atoms with Crippen molar-refractivity contribution in [2.24, 2.45) is 0 Å². The summed E-state index contributed by atoms with van der Waals surface area (Å²) >= 11 is 0. The second-order valence-electron chi connectivity index (χ2n) is 7.28. The molecule has 0 aromatic heterocycles. The molecule has 0 unspecified atom stereocenters. The number of sulfonamides is 1. The highest BCUT2D eigenvalue weighted by Crippen LogP contribution is 2.22. The first kappa shape index (κ1) is 20.6. The van der Waals surface area contributed by atoms with Crippen molar-refractivity contribution >= 4 is 15.9 Å². The average molecular weight is 401 g/mol. The molecule has 0 bridgehead atoms. The monoisotopic (exact) mass is 400 g/mol. The van der Waals surface area contributed by atoms with Gasteiger partial charge < -0.3 is 5.32 Å². The minimum atomic E-state index is -3.55. The number of nitrogens with one attached hydrogen (secondary N) is 1. The van der Waals surface area contributed by atoms with Gasteiger partial charge in [0, 0.05) is 18.7 Å². The van der Waals surface area contributed by atoms with E-state index in [1.807, 2.05) is 19.1 Å². The van der Waals surface area contributed by atoms with Crippen LogP contribution in [0.3, 0.4) is 0 Å². The molecule has 0 aliphatic carbocycles. The Balaban J connectivity index is 1.74. The van der Waals surface area contributed by atoms with Crippen LogP contribution in [0.5, 0.6) is 0 Å². The molecule has 1 saturated heterocycles. The van der Waals surface area contributed by atoms with Gasteiger partial charge in [0.2, 0.25) is 10.0 Å². The third kappa shape index (κ3) is 4.62. The van der Waals surface area contributed by atoms with Crippen LogP contribution in [0.15, 0.2) is 53.4 Å². The molecular weight excluding hydrogens is 372 g/mol. The Kier molecular flexibility index (Phi) is 6.52. The quantitative estimate of drug-likeness (QED) is 0.799. The Labute approximate surface area is 167 Å². The Morgan fingerprint density at radius 2 is 1.75 bits per heavy atom. The molecule has 6 heteroatoms. The van der Waals surface area contributed by atoms with Crippen LogP contribution in [0.2, 0.25) is 0 Å². The van der Waals surface area contributed by atoms with Crippen molar-refractivity contribution in [3.8, 4) is 0 Å². The van der Waals surface area contributed by atoms with Crippen LogP contribution in [0.1, 0.15) is 60.6 Å². The average Bonchev–Trinajstić information content (AvgIpc) is 2.74. The Hall–Kier alpha value is -2.18. The molecule has 1 atom stereocenters. The number of hydrogen-bond donors (Lipinski definition) is 1. The lowest BCUT2D eigenvalue weighted by molar-refractivity contribution is 0.0939. The number of hydrogen-bond acceptors (Lipinski definition) is 3. The topological polar surface area (TPSA) is 66.5 Å². The summed E-state index contributed by atoms with van der Waals surface area (Å²) in [6.07, 6.45) is 3.80. The predicted molar refractivity (Wildman–Crippen MR) is 111 cm³/mol. The third-order valence-corrected chi connectivity index (χ3v) is 7.18. The highest BCUT2D eigenvalue weighted by molar-refractivity contribution is 7.89. The molecule has 3 rings (SSSR count). The number of amides is 1. The van der Waals surface area contributed by atoms with Crippen LogP contribution in [0, 0.1) is 0 Å². The summed E-state index contributed by atoms with van der Waals surface area (Å²) in [5.41, 5.74) is 2.62. The van der Waals surface area contributed by atoms with E-state index in [1.54, 1.807) is 18.2 Å². The molecule has 0 radical (unpaired) electrons. The minimum Gasteiger partial charge on any atom is -0.346 e. The van der Waals surface area contributed by atoms with E-state index in [-0.39, 0.29) is 16.8 Å². The molecule has 1 amide bonds. The van der Waals surface area contributed by atoms with Crippen LogP contribution in [0.4, 0.5) is 0 Å². The highest BCUT2D eigenvalue weighted by atomic mass is 32.2. The van der Waals surface area contributed by atoms with Gasteiger partial charge in [-0.05, 0) is 55.5 Å². The van der Waals surface area contributed by atoms with Crippen molar-refractivity contribution in [2.45, 2.75) is 50.5 Å². The van der Waals surface area contributed by atoms with Crippen molar-refractivity contribution in [1.29, 1.82) is 0 Å². The van der Waals surface area contributed by atoms with Gasteiger partial charge in [-0.1, -0.05) is 43.7 Å². The number of aryl methyl sites for hydroxylation is 1. The van der Waals surface area contributed by atoms with Gasteiger partial charge in [0.25, 0.3) is 5.91 Å². The minimum absolute atomic E-state index is 0.166. The van der Waals surface area contributed by atoms with Crippen molar-refractivity contribution in [1.82, 2.24) is 9.62 Å². The first-order valence-electron chi connectivity index (χ1n) is 9.91. The normalized spacial score (nSPS) is 16.5. The van der Waals surface area contributed by atoms with Gasteiger partial charge >= 0.3 is 0 Å². The van der Waals surface area contributed by atoms with E-state index in [4.69, 9.17) is 0 Å². The van der Waals surface area contributed by atoms with E-state index in [2.05, 4.69) is 24.4 Å². The Morgan fingerprint density at radius 3 is 2.39 bits per heavy atom. The summed E-state index contributed by atoms with van der Waals surface area (Å²) in [5.74, 6) is -0.275. The van der Waals surface area contributed by atoms with Crippen LogP contribution >= 0.6 is 0 Å². The summed E-state index contributed by atoms with van der Waals surface area (Å²) < 4.78 is 27.2. The summed E-state index contributed by atoms with van der Waals surface area (Å²) in [6.45, 7) is 5.12. The van der Waals surface area contributed by atoms with Crippen LogP contribution in [-0.2, 0) is 16.4 Å². The smallest absolute Gasteiger partial charge is 0.251 e. The molecule has 0 spiro atoms. The number of nitrogens with zero attached hydrogens (tertiary/aromatic N) is 1. The van der Waals surface area contributed by atoms with Crippen LogP contribution in [0.25, 0.3) is 0 Å². The zero-order valence-corrected chi connectivity index (χ0v) is 17.3. The molecular formula is C22H28N2O3S. The van der Waals surface area contributed by atoms with E-state index < -0.39 is 10.0 Å². The number of carbonyl (C=O) groups is 1. The van der Waals surface area contributed by atoms with Crippen molar-refractivity contribution in [3.63, 3.8) is 0 Å². The highest BCUT2D eigenvalue weighted by Gasteiger charge is 2.26. The van der Waals surface area contributed by atoms with Gasteiger partial charge in [0.05, 0.1) is 10.9 Å². The number of piperidine rings is 1. The van der Waals surface area contributed by atoms with Crippen LogP contribution in [-0.4, -0.2) is 31.7 Å². The molecule has 1 N–H and O–H groups in total. The lowest BCUT2D eigenvalue weighted by atomic mass is 10.0. The summed E-state index contributed by atoms with van der Waals surface area (Å²) in [4.78, 5) is 12.9. The maximum Gasteiger partial charge on any atom is 0.251 e. The maximum absolute atomic E-state index is 12.9. The fourth-order valence-electron chi connectivity index (χ4n) is 3.46. The van der Waals surface area contributed by atoms with Crippen LogP contribution < -0.4 is 5.32 Å². The lowest BCUT2D eigenvalue weighted by Gasteiger charge is -2.26. The molecule has 1 aliphatic heterocycles. The van der Waals surface area contributed by atoms with E-state index in [0.29, 0.717) is 18.7 Å². The van der Waals surface area contributed by atoms with Gasteiger partial charge in [-0.2, -0.15) is 4.31 Å². The molecule has 2 aromatic rings. The van der Waals surface area contributed by atoms with Crippen molar-refractivity contribution in [2.75, 3.05) is 13.1 Å². The van der Waals surface area contributed by atoms with E-state index in [0.717, 1.165) is 31.2 Å². The zero-order valence-electron chi connectivity index (χ0n) is 16.5. The zero-order chi connectivity index (χ0) is 20.1. The Morgan fingerprint density at radius 1 is 1.07 bits per heavy atom. The van der Waals surface area contributed by atoms with E-state index in [9.17, 15) is 13.2 Å². The molecule has 150 valence electrons. The van der Waals surface area contributed by atoms with Gasteiger partial charge in [-0.25, -0.2) is 8.42 Å². The maximum atomic E-state index is 12.9.